The van der Waals surface area contributed by atoms with Crippen LogP contribution in [0.2, 0.25) is 0 Å². The van der Waals surface area contributed by atoms with Crippen molar-refractivity contribution in [1.82, 2.24) is 4.98 Å². The number of anilines is 1. The number of nitrogens with two attached hydrogens (primary N) is 1. The summed E-state index contributed by atoms with van der Waals surface area (Å²) >= 11 is 1.30. The molecule has 0 aliphatic rings. The molecule has 0 radical (unpaired) electrons. The summed E-state index contributed by atoms with van der Waals surface area (Å²) in [6, 6.07) is 5.90. The summed E-state index contributed by atoms with van der Waals surface area (Å²) in [6.45, 7) is -1.01. The molecular weight excluding hydrogens is 331 g/mol. The summed E-state index contributed by atoms with van der Waals surface area (Å²) in [5.41, 5.74) is 5.75. The Morgan fingerprint density at radius 1 is 1.35 bits per heavy atom. The number of carbonyl (C=O) groups excluding carboxylic acids is 1. The van der Waals surface area contributed by atoms with Gasteiger partial charge in [0.15, 0.2) is 6.61 Å². The number of rotatable bonds is 6. The maximum Gasteiger partial charge on any atom is 0.422 e. The van der Waals surface area contributed by atoms with Crippen LogP contribution in [0.25, 0.3) is 0 Å². The van der Waals surface area contributed by atoms with Gasteiger partial charge in [0.2, 0.25) is 0 Å². The number of thiazole rings is 1. The molecule has 1 heterocycles. The lowest BCUT2D eigenvalue weighted by atomic mass is 10.3. The minimum atomic E-state index is -4.46. The lowest BCUT2D eigenvalue weighted by Gasteiger charge is -2.13. The van der Waals surface area contributed by atoms with Crippen LogP contribution in [-0.2, 0) is 6.42 Å². The average molecular weight is 345 g/mol. The highest BCUT2D eigenvalue weighted by molar-refractivity contribution is 7.09. The van der Waals surface area contributed by atoms with Gasteiger partial charge in [0, 0.05) is 11.8 Å². The van der Waals surface area contributed by atoms with Crippen LogP contribution < -0.4 is 15.8 Å². The first kappa shape index (κ1) is 17.2. The maximum absolute atomic E-state index is 12.2. The number of hydrogen-bond donors (Lipinski definition) is 2. The Kier molecular flexibility index (Phi) is 5.56. The summed E-state index contributed by atoms with van der Waals surface area (Å²) in [4.78, 5) is 16.2. The standard InChI is InChI=1S/C14H14F3N3O2S/c15-14(16,17)8-22-11-4-2-1-3-9(11)20-13(21)10-7-23-12(19-10)5-6-18/h1-4,7H,5-6,8,18H2,(H,20,21). The third-order valence-electron chi connectivity index (χ3n) is 2.67. The van der Waals surface area contributed by atoms with Crippen molar-refractivity contribution in [3.05, 3.63) is 40.3 Å². The van der Waals surface area contributed by atoms with Crippen LogP contribution in [0.5, 0.6) is 5.75 Å². The highest BCUT2D eigenvalue weighted by atomic mass is 32.1. The number of benzene rings is 1. The Hall–Kier alpha value is -2.13. The van der Waals surface area contributed by atoms with Crippen LogP contribution >= 0.6 is 11.3 Å². The molecule has 2 aromatic rings. The number of amides is 1. The van der Waals surface area contributed by atoms with Crippen molar-refractivity contribution < 1.29 is 22.7 Å². The van der Waals surface area contributed by atoms with Gasteiger partial charge in [-0.05, 0) is 18.7 Å². The number of aromatic nitrogens is 1. The molecule has 124 valence electrons. The van der Waals surface area contributed by atoms with Crippen LogP contribution in [0.3, 0.4) is 0 Å². The molecule has 9 heteroatoms. The van der Waals surface area contributed by atoms with Crippen molar-refractivity contribution in [3.8, 4) is 5.75 Å². The highest BCUT2D eigenvalue weighted by Crippen LogP contribution is 2.26. The smallest absolute Gasteiger partial charge is 0.422 e. The van der Waals surface area contributed by atoms with Gasteiger partial charge < -0.3 is 15.8 Å². The third-order valence-corrected chi connectivity index (χ3v) is 3.58. The molecule has 0 unspecified atom stereocenters. The fraction of sp³-hybridized carbons (Fsp3) is 0.286. The van der Waals surface area contributed by atoms with Crippen molar-refractivity contribution in [3.63, 3.8) is 0 Å². The first-order valence-corrected chi connectivity index (χ1v) is 7.51. The second-order valence-electron chi connectivity index (χ2n) is 4.52. The molecule has 1 aromatic carbocycles. The fourth-order valence-electron chi connectivity index (χ4n) is 1.70. The van der Waals surface area contributed by atoms with Gasteiger partial charge in [0.25, 0.3) is 5.91 Å². The van der Waals surface area contributed by atoms with E-state index in [1.165, 1.54) is 29.5 Å². The number of carbonyl (C=O) groups is 1. The topological polar surface area (TPSA) is 77.2 Å². The molecule has 23 heavy (non-hydrogen) atoms. The minimum absolute atomic E-state index is 0.0596. The number of nitrogens with one attached hydrogen (secondary N) is 1. The van der Waals surface area contributed by atoms with Crippen LogP contribution in [0.1, 0.15) is 15.5 Å². The van der Waals surface area contributed by atoms with E-state index in [2.05, 4.69) is 10.3 Å². The second-order valence-corrected chi connectivity index (χ2v) is 5.46. The largest absolute Gasteiger partial charge is 0.482 e. The molecule has 0 atom stereocenters. The number of hydrogen-bond acceptors (Lipinski definition) is 5. The van der Waals surface area contributed by atoms with Gasteiger partial charge in [-0.1, -0.05) is 12.1 Å². The van der Waals surface area contributed by atoms with Crippen molar-refractivity contribution in [2.75, 3.05) is 18.5 Å². The molecule has 0 aliphatic heterocycles. The van der Waals surface area contributed by atoms with Gasteiger partial charge >= 0.3 is 6.18 Å². The number of alkyl halides is 3. The highest BCUT2D eigenvalue weighted by Gasteiger charge is 2.29. The van der Waals surface area contributed by atoms with E-state index in [-0.39, 0.29) is 17.1 Å². The molecule has 0 fully saturated rings. The first-order valence-electron chi connectivity index (χ1n) is 6.63. The molecular formula is C14H14F3N3O2S. The quantitative estimate of drug-likeness (QED) is 0.844. The Morgan fingerprint density at radius 2 is 2.09 bits per heavy atom. The van der Waals surface area contributed by atoms with Gasteiger partial charge in [0.05, 0.1) is 10.7 Å². The minimum Gasteiger partial charge on any atom is -0.482 e. The van der Waals surface area contributed by atoms with Crippen LogP contribution in [0.4, 0.5) is 18.9 Å². The summed E-state index contributed by atoms with van der Waals surface area (Å²) in [7, 11) is 0. The van der Waals surface area contributed by atoms with E-state index in [0.29, 0.717) is 13.0 Å². The number of para-hydroxylation sites is 2. The van der Waals surface area contributed by atoms with E-state index < -0.39 is 18.7 Å². The van der Waals surface area contributed by atoms with Gasteiger partial charge in [-0.3, -0.25) is 4.79 Å². The van der Waals surface area contributed by atoms with E-state index in [9.17, 15) is 18.0 Å². The zero-order valence-electron chi connectivity index (χ0n) is 11.9. The third kappa shape index (κ3) is 5.22. The summed E-state index contributed by atoms with van der Waals surface area (Å²) in [6.07, 6.45) is -3.90. The van der Waals surface area contributed by atoms with Crippen molar-refractivity contribution in [2.45, 2.75) is 12.6 Å². The Morgan fingerprint density at radius 3 is 2.78 bits per heavy atom. The van der Waals surface area contributed by atoms with E-state index >= 15 is 0 Å². The molecule has 0 aliphatic carbocycles. The average Bonchev–Trinajstić information content (AvgIpc) is 2.95. The predicted molar refractivity (Wildman–Crippen MR) is 80.8 cm³/mol. The molecule has 0 bridgehead atoms. The maximum atomic E-state index is 12.2. The monoisotopic (exact) mass is 345 g/mol. The lowest BCUT2D eigenvalue weighted by Crippen LogP contribution is -2.20. The Labute approximate surface area is 134 Å². The molecule has 0 spiro atoms. The number of nitrogens with zero attached hydrogens (tertiary/aromatic N) is 1. The zero-order valence-corrected chi connectivity index (χ0v) is 12.7. The van der Waals surface area contributed by atoms with E-state index in [4.69, 9.17) is 10.5 Å². The van der Waals surface area contributed by atoms with Crippen LogP contribution in [0.15, 0.2) is 29.6 Å². The second kappa shape index (κ2) is 7.42. The van der Waals surface area contributed by atoms with E-state index in [1.54, 1.807) is 11.4 Å². The SMILES string of the molecule is NCCc1nc(C(=O)Nc2ccccc2OCC(F)(F)F)cs1. The Balaban J connectivity index is 2.08. The van der Waals surface area contributed by atoms with Crippen LogP contribution in [-0.4, -0.2) is 30.2 Å². The molecule has 1 aromatic heterocycles. The summed E-state index contributed by atoms with van der Waals surface area (Å²) in [5.74, 6) is -0.580. The number of ether oxygens (including phenoxy) is 1. The van der Waals surface area contributed by atoms with E-state index in [0.717, 1.165) is 5.01 Å². The molecule has 0 saturated carbocycles. The van der Waals surface area contributed by atoms with Gasteiger partial charge in [-0.15, -0.1) is 11.3 Å². The van der Waals surface area contributed by atoms with Crippen molar-refractivity contribution in [2.24, 2.45) is 5.73 Å². The predicted octanol–water partition coefficient (Wildman–Crippen LogP) is 2.84. The molecule has 1 amide bonds. The lowest BCUT2D eigenvalue weighted by molar-refractivity contribution is -0.153. The normalized spacial score (nSPS) is 11.3. The molecule has 0 saturated heterocycles. The van der Waals surface area contributed by atoms with Crippen molar-refractivity contribution in [1.29, 1.82) is 0 Å². The molecule has 2 rings (SSSR count). The zero-order chi connectivity index (χ0) is 16.9. The fourth-order valence-corrected chi connectivity index (χ4v) is 2.49. The summed E-state index contributed by atoms with van der Waals surface area (Å²) < 4.78 is 41.4. The molecule has 3 N–H and O–H groups in total. The van der Waals surface area contributed by atoms with Gasteiger partial charge in [-0.2, -0.15) is 13.2 Å². The van der Waals surface area contributed by atoms with Gasteiger partial charge in [-0.25, -0.2) is 4.98 Å². The molecule has 5 nitrogen and oxygen atoms in total. The Bertz CT molecular complexity index is 673. The number of halogens is 3. The first-order chi connectivity index (χ1) is 10.9. The van der Waals surface area contributed by atoms with Crippen molar-refractivity contribution >= 4 is 22.9 Å². The van der Waals surface area contributed by atoms with E-state index in [1.807, 2.05) is 0 Å². The van der Waals surface area contributed by atoms with Crippen LogP contribution in [0, 0.1) is 0 Å². The summed E-state index contributed by atoms with van der Waals surface area (Å²) in [5, 5.41) is 4.79. The van der Waals surface area contributed by atoms with Gasteiger partial charge in [0.1, 0.15) is 11.4 Å².